The van der Waals surface area contributed by atoms with E-state index in [-0.39, 0.29) is 5.56 Å². The molecule has 0 bridgehead atoms. The minimum atomic E-state index is -0.490. The molecule has 1 aliphatic rings. The number of piperidine rings is 1. The van der Waals surface area contributed by atoms with Gasteiger partial charge in [0, 0.05) is 36.6 Å². The molecule has 0 amide bonds. The summed E-state index contributed by atoms with van der Waals surface area (Å²) in [5.41, 5.74) is 5.85. The highest BCUT2D eigenvalue weighted by molar-refractivity contribution is 7.13. The van der Waals surface area contributed by atoms with Crippen molar-refractivity contribution < 1.29 is 4.39 Å². The zero-order chi connectivity index (χ0) is 19.5. The Kier molecular flexibility index (Phi) is 5.38. The zero-order valence-corrected chi connectivity index (χ0v) is 16.5. The lowest BCUT2D eigenvalue weighted by molar-refractivity contribution is 0.442. The van der Waals surface area contributed by atoms with E-state index >= 15 is 0 Å². The second-order valence-corrected chi connectivity index (χ2v) is 7.81. The average Bonchev–Trinajstić information content (AvgIpc) is 3.28. The molecule has 0 aliphatic carbocycles. The normalized spacial score (nSPS) is 14.8. The van der Waals surface area contributed by atoms with Gasteiger partial charge >= 0.3 is 0 Å². The molecule has 6 heteroatoms. The first-order valence-corrected chi connectivity index (χ1v) is 10.2. The van der Waals surface area contributed by atoms with Crippen LogP contribution in [0.1, 0.15) is 18.4 Å². The first kappa shape index (κ1) is 18.6. The maximum absolute atomic E-state index is 14.3. The Hall–Kier alpha value is -2.75. The number of hydrogen-bond donors (Lipinski definition) is 1. The Morgan fingerprint density at radius 1 is 1.25 bits per heavy atom. The largest absolute Gasteiger partial charge is 0.371 e. The highest BCUT2D eigenvalue weighted by atomic mass is 32.1. The van der Waals surface area contributed by atoms with E-state index < -0.39 is 5.82 Å². The number of anilines is 1. The number of benzene rings is 2. The SMILES string of the molecule is CNC1CCN(c2cccc(-c3ccc(C#N)c(F)c3)c2-c2cncs2)CC1. The quantitative estimate of drug-likeness (QED) is 0.701. The summed E-state index contributed by atoms with van der Waals surface area (Å²) in [6.07, 6.45) is 4.05. The van der Waals surface area contributed by atoms with Crippen LogP contribution in [0.4, 0.5) is 10.1 Å². The van der Waals surface area contributed by atoms with Gasteiger partial charge in [0.25, 0.3) is 0 Å². The van der Waals surface area contributed by atoms with Crippen molar-refractivity contribution in [2.24, 2.45) is 0 Å². The van der Waals surface area contributed by atoms with Crippen LogP contribution < -0.4 is 10.2 Å². The van der Waals surface area contributed by atoms with E-state index in [9.17, 15) is 4.39 Å². The van der Waals surface area contributed by atoms with Crippen LogP contribution in [-0.4, -0.2) is 31.2 Å². The van der Waals surface area contributed by atoms with Crippen LogP contribution in [0.3, 0.4) is 0 Å². The maximum atomic E-state index is 14.3. The molecular formula is C22H21FN4S. The molecule has 1 aromatic heterocycles. The third-order valence-corrected chi connectivity index (χ3v) is 6.16. The fourth-order valence-corrected chi connectivity index (χ4v) is 4.51. The van der Waals surface area contributed by atoms with Crippen LogP contribution >= 0.6 is 11.3 Å². The lowest BCUT2D eigenvalue weighted by Gasteiger charge is -2.35. The molecule has 0 radical (unpaired) electrons. The van der Waals surface area contributed by atoms with Gasteiger partial charge in [-0.1, -0.05) is 18.2 Å². The Morgan fingerprint density at radius 2 is 2.07 bits per heavy atom. The van der Waals surface area contributed by atoms with E-state index in [1.807, 2.05) is 43.0 Å². The van der Waals surface area contributed by atoms with Crippen molar-refractivity contribution >= 4 is 17.0 Å². The van der Waals surface area contributed by atoms with Crippen molar-refractivity contribution in [3.63, 3.8) is 0 Å². The molecule has 1 fully saturated rings. The summed E-state index contributed by atoms with van der Waals surface area (Å²) in [6, 6.07) is 13.4. The van der Waals surface area contributed by atoms with E-state index in [1.54, 1.807) is 17.4 Å². The molecule has 0 atom stereocenters. The highest BCUT2D eigenvalue weighted by Gasteiger charge is 2.23. The number of nitrogens with zero attached hydrogens (tertiary/aromatic N) is 3. The third kappa shape index (κ3) is 3.51. The van der Waals surface area contributed by atoms with Gasteiger partial charge in [-0.3, -0.25) is 4.98 Å². The average molecular weight is 393 g/mol. The number of rotatable bonds is 4. The molecule has 0 spiro atoms. The van der Waals surface area contributed by atoms with Gasteiger partial charge in [0.1, 0.15) is 11.9 Å². The van der Waals surface area contributed by atoms with Gasteiger partial charge in [-0.05, 0) is 49.2 Å². The molecule has 3 aromatic rings. The molecule has 1 aliphatic heterocycles. The van der Waals surface area contributed by atoms with Gasteiger partial charge in [0.2, 0.25) is 0 Å². The molecule has 4 nitrogen and oxygen atoms in total. The van der Waals surface area contributed by atoms with Crippen LogP contribution in [0.25, 0.3) is 21.6 Å². The zero-order valence-electron chi connectivity index (χ0n) is 15.7. The number of nitriles is 1. The van der Waals surface area contributed by atoms with Gasteiger partial charge in [0.05, 0.1) is 16.0 Å². The van der Waals surface area contributed by atoms with Gasteiger partial charge in [0.15, 0.2) is 0 Å². The molecule has 4 rings (SSSR count). The van der Waals surface area contributed by atoms with Crippen molar-refractivity contribution in [3.8, 4) is 27.6 Å². The second-order valence-electron chi connectivity index (χ2n) is 6.92. The predicted molar refractivity (Wildman–Crippen MR) is 112 cm³/mol. The number of thiazole rings is 1. The molecule has 0 saturated carbocycles. The van der Waals surface area contributed by atoms with E-state index in [4.69, 9.17) is 5.26 Å². The van der Waals surface area contributed by atoms with Crippen molar-refractivity contribution in [2.75, 3.05) is 25.0 Å². The van der Waals surface area contributed by atoms with Crippen molar-refractivity contribution in [1.29, 1.82) is 5.26 Å². The molecule has 1 saturated heterocycles. The Labute approximate surface area is 168 Å². The Morgan fingerprint density at radius 3 is 2.71 bits per heavy atom. The molecule has 2 heterocycles. The Bertz CT molecular complexity index is 1000. The van der Waals surface area contributed by atoms with Gasteiger partial charge < -0.3 is 10.2 Å². The van der Waals surface area contributed by atoms with Gasteiger partial charge in [-0.25, -0.2) is 4.39 Å². The van der Waals surface area contributed by atoms with Crippen LogP contribution in [0, 0.1) is 17.1 Å². The van der Waals surface area contributed by atoms with Crippen LogP contribution in [-0.2, 0) is 0 Å². The van der Waals surface area contributed by atoms with E-state index in [0.29, 0.717) is 6.04 Å². The summed E-state index contributed by atoms with van der Waals surface area (Å²) in [5, 5.41) is 12.4. The summed E-state index contributed by atoms with van der Waals surface area (Å²) in [5.74, 6) is -0.490. The third-order valence-electron chi connectivity index (χ3n) is 5.37. The topological polar surface area (TPSA) is 52.0 Å². The molecule has 2 aromatic carbocycles. The molecule has 142 valence electrons. The first-order chi connectivity index (χ1) is 13.7. The standard InChI is InChI=1S/C22H21FN4S/c1-25-17-7-9-27(10-8-17)20-4-2-3-18(22(20)21-13-26-14-28-21)15-5-6-16(12-24)19(23)11-15/h2-6,11,13-14,17,25H,7-10H2,1H3. The molecule has 1 N–H and O–H groups in total. The van der Waals surface area contributed by atoms with Crippen LogP contribution in [0.2, 0.25) is 0 Å². The summed E-state index contributed by atoms with van der Waals surface area (Å²) >= 11 is 1.58. The lowest BCUT2D eigenvalue weighted by atomic mass is 9.94. The fourth-order valence-electron chi connectivity index (χ4n) is 3.82. The summed E-state index contributed by atoms with van der Waals surface area (Å²) < 4.78 is 14.3. The predicted octanol–water partition coefficient (Wildman–Crippen LogP) is 4.68. The van der Waals surface area contributed by atoms with Gasteiger partial charge in [-0.2, -0.15) is 5.26 Å². The van der Waals surface area contributed by atoms with Crippen LogP contribution in [0.5, 0.6) is 0 Å². The Balaban J connectivity index is 1.82. The van der Waals surface area contributed by atoms with Crippen molar-refractivity contribution in [3.05, 3.63) is 59.5 Å². The summed E-state index contributed by atoms with van der Waals surface area (Å²) in [4.78, 5) is 7.73. The highest BCUT2D eigenvalue weighted by Crippen LogP contribution is 2.42. The number of halogens is 1. The lowest BCUT2D eigenvalue weighted by Crippen LogP contribution is -2.41. The number of aromatic nitrogens is 1. The van der Waals surface area contributed by atoms with Crippen molar-refractivity contribution in [1.82, 2.24) is 10.3 Å². The molecular weight excluding hydrogens is 371 g/mol. The van der Waals surface area contributed by atoms with E-state index in [0.717, 1.165) is 53.2 Å². The minimum absolute atomic E-state index is 0.0633. The molecule has 28 heavy (non-hydrogen) atoms. The number of hydrogen-bond acceptors (Lipinski definition) is 5. The number of nitrogens with one attached hydrogen (secondary N) is 1. The monoisotopic (exact) mass is 392 g/mol. The summed E-state index contributed by atoms with van der Waals surface area (Å²) in [7, 11) is 2.02. The minimum Gasteiger partial charge on any atom is -0.371 e. The van der Waals surface area contributed by atoms with Gasteiger partial charge in [-0.15, -0.1) is 11.3 Å². The smallest absolute Gasteiger partial charge is 0.141 e. The molecule has 0 unspecified atom stereocenters. The second kappa shape index (κ2) is 8.09. The summed E-state index contributed by atoms with van der Waals surface area (Å²) in [6.45, 7) is 1.95. The van der Waals surface area contributed by atoms with Crippen LogP contribution in [0.15, 0.2) is 48.1 Å². The fraction of sp³-hybridized carbons (Fsp3) is 0.273. The van der Waals surface area contributed by atoms with Crippen molar-refractivity contribution in [2.45, 2.75) is 18.9 Å². The first-order valence-electron chi connectivity index (χ1n) is 9.35. The maximum Gasteiger partial charge on any atom is 0.141 e. The van der Waals surface area contributed by atoms with E-state index in [2.05, 4.69) is 21.3 Å². The van der Waals surface area contributed by atoms with E-state index in [1.165, 1.54) is 6.07 Å².